The van der Waals surface area contributed by atoms with Crippen LogP contribution in [0.3, 0.4) is 0 Å². The summed E-state index contributed by atoms with van der Waals surface area (Å²) in [7, 11) is 0. The van der Waals surface area contributed by atoms with Crippen LogP contribution in [0.25, 0.3) is 0 Å². The van der Waals surface area contributed by atoms with Crippen molar-refractivity contribution in [1.29, 1.82) is 0 Å². The van der Waals surface area contributed by atoms with Crippen LogP contribution >= 0.6 is 0 Å². The average molecular weight is 208 g/mol. The highest BCUT2D eigenvalue weighted by atomic mass is 16.5. The number of hydrogen-bond acceptors (Lipinski definition) is 3. The summed E-state index contributed by atoms with van der Waals surface area (Å²) in [5, 5.41) is 0. The molecule has 1 rings (SSSR count). The molecule has 3 nitrogen and oxygen atoms in total. The molecule has 0 spiro atoms. The monoisotopic (exact) mass is 208 g/mol. The number of nitrogens with zero attached hydrogens (tertiary/aromatic N) is 1. The van der Waals surface area contributed by atoms with Crippen LogP contribution in [0.1, 0.15) is 31.4 Å². The van der Waals surface area contributed by atoms with Gasteiger partial charge < -0.3 is 10.5 Å². The van der Waals surface area contributed by atoms with Crippen molar-refractivity contribution in [2.24, 2.45) is 5.73 Å². The summed E-state index contributed by atoms with van der Waals surface area (Å²) in [6.07, 6.45) is 4.58. The summed E-state index contributed by atoms with van der Waals surface area (Å²) >= 11 is 0. The van der Waals surface area contributed by atoms with Gasteiger partial charge in [-0.1, -0.05) is 13.0 Å². The molecule has 1 atom stereocenters. The molecule has 0 bridgehead atoms. The predicted molar refractivity (Wildman–Crippen MR) is 61.5 cm³/mol. The smallest absolute Gasteiger partial charge is 0.0732 e. The SMILES string of the molecule is CCC(C)(N)COCc1cncc(C)c1. The zero-order valence-corrected chi connectivity index (χ0v) is 9.79. The summed E-state index contributed by atoms with van der Waals surface area (Å²) in [5.74, 6) is 0. The number of ether oxygens (including phenoxy) is 1. The Kier molecular flexibility index (Phi) is 4.24. The number of aryl methyl sites for hydroxylation is 1. The molecular weight excluding hydrogens is 188 g/mol. The topological polar surface area (TPSA) is 48.1 Å². The van der Waals surface area contributed by atoms with Gasteiger partial charge in [-0.2, -0.15) is 0 Å². The normalized spacial score (nSPS) is 14.9. The number of pyridine rings is 1. The first-order chi connectivity index (χ1) is 7.03. The lowest BCUT2D eigenvalue weighted by Crippen LogP contribution is -2.40. The molecule has 15 heavy (non-hydrogen) atoms. The molecular formula is C12H20N2O. The largest absolute Gasteiger partial charge is 0.375 e. The van der Waals surface area contributed by atoms with Crippen molar-refractivity contribution in [3.05, 3.63) is 29.6 Å². The standard InChI is InChI=1S/C12H20N2O/c1-4-12(3,13)9-15-8-11-5-10(2)6-14-7-11/h5-7H,4,8-9,13H2,1-3H3. The van der Waals surface area contributed by atoms with Gasteiger partial charge >= 0.3 is 0 Å². The Morgan fingerprint density at radius 1 is 1.47 bits per heavy atom. The zero-order chi connectivity index (χ0) is 11.3. The first-order valence-corrected chi connectivity index (χ1v) is 5.30. The van der Waals surface area contributed by atoms with Crippen LogP contribution in [-0.4, -0.2) is 17.1 Å². The molecule has 0 amide bonds. The van der Waals surface area contributed by atoms with Gasteiger partial charge in [0, 0.05) is 17.9 Å². The van der Waals surface area contributed by atoms with Gasteiger partial charge in [0.1, 0.15) is 0 Å². The van der Waals surface area contributed by atoms with Crippen molar-refractivity contribution >= 4 is 0 Å². The molecule has 1 heterocycles. The zero-order valence-electron chi connectivity index (χ0n) is 9.79. The van der Waals surface area contributed by atoms with Crippen LogP contribution < -0.4 is 5.73 Å². The summed E-state index contributed by atoms with van der Waals surface area (Å²) in [5.41, 5.74) is 8.00. The average Bonchev–Trinajstić information content (AvgIpc) is 2.18. The van der Waals surface area contributed by atoms with E-state index in [9.17, 15) is 0 Å². The van der Waals surface area contributed by atoms with Gasteiger partial charge in [-0.05, 0) is 31.4 Å². The third kappa shape index (κ3) is 4.40. The minimum absolute atomic E-state index is 0.225. The van der Waals surface area contributed by atoms with E-state index in [1.807, 2.05) is 26.2 Å². The summed E-state index contributed by atoms with van der Waals surface area (Å²) < 4.78 is 5.57. The molecule has 0 fully saturated rings. The van der Waals surface area contributed by atoms with Gasteiger partial charge in [-0.25, -0.2) is 0 Å². The van der Waals surface area contributed by atoms with Crippen LogP contribution in [0, 0.1) is 6.92 Å². The fraction of sp³-hybridized carbons (Fsp3) is 0.583. The molecule has 84 valence electrons. The molecule has 0 saturated heterocycles. The molecule has 1 aromatic heterocycles. The van der Waals surface area contributed by atoms with Gasteiger partial charge in [0.2, 0.25) is 0 Å². The highest BCUT2D eigenvalue weighted by Gasteiger charge is 2.15. The number of rotatable bonds is 5. The molecule has 0 radical (unpaired) electrons. The number of aromatic nitrogens is 1. The van der Waals surface area contributed by atoms with Gasteiger partial charge in [0.05, 0.1) is 13.2 Å². The van der Waals surface area contributed by atoms with Gasteiger partial charge in [0.25, 0.3) is 0 Å². The van der Waals surface area contributed by atoms with E-state index in [2.05, 4.69) is 18.0 Å². The van der Waals surface area contributed by atoms with Crippen LogP contribution in [0.15, 0.2) is 18.5 Å². The second kappa shape index (κ2) is 5.24. The van der Waals surface area contributed by atoms with Crippen LogP contribution in [0.2, 0.25) is 0 Å². The van der Waals surface area contributed by atoms with E-state index >= 15 is 0 Å². The van der Waals surface area contributed by atoms with Crippen LogP contribution in [0.5, 0.6) is 0 Å². The molecule has 1 aromatic rings. The minimum Gasteiger partial charge on any atom is -0.375 e. The van der Waals surface area contributed by atoms with Crippen molar-refractivity contribution in [2.45, 2.75) is 39.3 Å². The summed E-state index contributed by atoms with van der Waals surface area (Å²) in [6.45, 7) is 7.26. The van der Waals surface area contributed by atoms with Gasteiger partial charge in [-0.15, -0.1) is 0 Å². The Morgan fingerprint density at radius 3 is 2.80 bits per heavy atom. The molecule has 3 heteroatoms. The number of nitrogens with two attached hydrogens (primary N) is 1. The maximum absolute atomic E-state index is 5.97. The lowest BCUT2D eigenvalue weighted by molar-refractivity contribution is 0.0775. The highest BCUT2D eigenvalue weighted by molar-refractivity contribution is 5.15. The molecule has 0 aliphatic carbocycles. The second-order valence-electron chi connectivity index (χ2n) is 4.37. The lowest BCUT2D eigenvalue weighted by atomic mass is 10.0. The Morgan fingerprint density at radius 2 is 2.20 bits per heavy atom. The van der Waals surface area contributed by atoms with E-state index in [1.165, 1.54) is 0 Å². The summed E-state index contributed by atoms with van der Waals surface area (Å²) in [6, 6.07) is 2.08. The Balaban J connectivity index is 2.38. The Bertz CT molecular complexity index is 310. The van der Waals surface area contributed by atoms with Crippen molar-refractivity contribution in [3.63, 3.8) is 0 Å². The lowest BCUT2D eigenvalue weighted by Gasteiger charge is -2.22. The Hall–Kier alpha value is -0.930. The third-order valence-corrected chi connectivity index (χ3v) is 2.44. The van der Waals surface area contributed by atoms with Crippen molar-refractivity contribution in [1.82, 2.24) is 4.98 Å². The molecule has 1 unspecified atom stereocenters. The first-order valence-electron chi connectivity index (χ1n) is 5.30. The third-order valence-electron chi connectivity index (χ3n) is 2.44. The van der Waals surface area contributed by atoms with Crippen LogP contribution in [0.4, 0.5) is 0 Å². The van der Waals surface area contributed by atoms with E-state index in [1.54, 1.807) is 0 Å². The van der Waals surface area contributed by atoms with Crippen molar-refractivity contribution < 1.29 is 4.74 Å². The molecule has 2 N–H and O–H groups in total. The van der Waals surface area contributed by atoms with E-state index in [0.29, 0.717) is 13.2 Å². The van der Waals surface area contributed by atoms with Crippen molar-refractivity contribution in [2.75, 3.05) is 6.61 Å². The van der Waals surface area contributed by atoms with Crippen molar-refractivity contribution in [3.8, 4) is 0 Å². The quantitative estimate of drug-likeness (QED) is 0.805. The van der Waals surface area contributed by atoms with E-state index < -0.39 is 0 Å². The number of hydrogen-bond donors (Lipinski definition) is 1. The Labute approximate surface area is 91.7 Å². The van der Waals surface area contributed by atoms with E-state index in [-0.39, 0.29) is 5.54 Å². The van der Waals surface area contributed by atoms with Crippen LogP contribution in [-0.2, 0) is 11.3 Å². The van der Waals surface area contributed by atoms with Gasteiger partial charge in [-0.3, -0.25) is 4.98 Å². The fourth-order valence-corrected chi connectivity index (χ4v) is 1.20. The van der Waals surface area contributed by atoms with E-state index in [0.717, 1.165) is 17.5 Å². The van der Waals surface area contributed by atoms with Gasteiger partial charge in [0.15, 0.2) is 0 Å². The second-order valence-corrected chi connectivity index (χ2v) is 4.37. The predicted octanol–water partition coefficient (Wildman–Crippen LogP) is 2.03. The van der Waals surface area contributed by atoms with E-state index in [4.69, 9.17) is 10.5 Å². The molecule has 0 aliphatic rings. The highest BCUT2D eigenvalue weighted by Crippen LogP contribution is 2.08. The summed E-state index contributed by atoms with van der Waals surface area (Å²) in [4.78, 5) is 4.11. The first kappa shape index (κ1) is 12.1. The molecule has 0 aliphatic heterocycles. The molecule has 0 aromatic carbocycles. The molecule has 0 saturated carbocycles. The maximum Gasteiger partial charge on any atom is 0.0732 e. The fourth-order valence-electron chi connectivity index (χ4n) is 1.20. The minimum atomic E-state index is -0.225. The maximum atomic E-state index is 5.97.